The molecule has 1 aliphatic rings. The Kier molecular flexibility index (Phi) is 9.80. The molecule has 0 saturated carbocycles. The van der Waals surface area contributed by atoms with E-state index < -0.39 is 0 Å². The van der Waals surface area contributed by atoms with E-state index in [0.717, 1.165) is 26.0 Å². The average molecular weight is 687 g/mol. The monoisotopic (exact) mass is 685 g/mol. The summed E-state index contributed by atoms with van der Waals surface area (Å²) >= 11 is 7.32. The second kappa shape index (κ2) is 13.9. The van der Waals surface area contributed by atoms with Crippen LogP contribution in [0.2, 0.25) is 0 Å². The maximum atomic E-state index is 3.66. The summed E-state index contributed by atoms with van der Waals surface area (Å²) < 4.78 is 2.12. The Hall–Kier alpha value is -3.84. The minimum absolute atomic E-state index is 0. The molecule has 0 aromatic heterocycles. The van der Waals surface area contributed by atoms with E-state index >= 15 is 0 Å². The summed E-state index contributed by atoms with van der Waals surface area (Å²) in [6.45, 7) is 0. The fraction of sp³-hybridized carbons (Fsp3) is 0. The van der Waals surface area contributed by atoms with Gasteiger partial charge in [-0.15, -0.1) is 0 Å². The molecule has 0 unspecified atom stereocenters. The summed E-state index contributed by atoms with van der Waals surface area (Å²) in [6.07, 6.45) is 0. The number of benzene rings is 6. The highest BCUT2D eigenvalue weighted by Gasteiger charge is 2.23. The van der Waals surface area contributed by atoms with E-state index in [2.05, 4.69) is 169 Å². The Morgan fingerprint density at radius 3 is 1.36 bits per heavy atom. The zero-order chi connectivity index (χ0) is 28.0. The smallest absolute Gasteiger partial charge is 0.0929 e. The van der Waals surface area contributed by atoms with E-state index in [-0.39, 0.29) is 17.9 Å². The molecule has 0 spiro atoms. The van der Waals surface area contributed by atoms with Gasteiger partial charge in [0.2, 0.25) is 0 Å². The zero-order valence-corrected chi connectivity index (χ0v) is 27.5. The molecule has 0 atom stereocenters. The lowest BCUT2D eigenvalue weighted by atomic mass is 10.2. The number of nitrogens with zero attached hydrogens (tertiary/aromatic N) is 2. The fourth-order valence-corrected chi connectivity index (χ4v) is 7.95. The van der Waals surface area contributed by atoms with Crippen molar-refractivity contribution in [1.29, 1.82) is 0 Å². The summed E-state index contributed by atoms with van der Waals surface area (Å²) in [5.41, 5.74) is 7.27. The van der Waals surface area contributed by atoms with Gasteiger partial charge in [0.05, 0.1) is 20.9 Å². The molecule has 203 valence electrons. The van der Waals surface area contributed by atoms with Crippen molar-refractivity contribution in [2.45, 2.75) is 0 Å². The van der Waals surface area contributed by atoms with Crippen molar-refractivity contribution in [3.8, 4) is 0 Å². The Morgan fingerprint density at radius 2 is 0.857 bits per heavy atom. The van der Waals surface area contributed by atoms with Crippen LogP contribution in [-0.2, 0) is 0 Å². The van der Waals surface area contributed by atoms with Crippen LogP contribution in [0.25, 0.3) is 0 Å². The largest absolute Gasteiger partial charge is 0.311 e. The Morgan fingerprint density at radius 1 is 0.452 bits per heavy atom. The van der Waals surface area contributed by atoms with Gasteiger partial charge >= 0.3 is 0 Å². The van der Waals surface area contributed by atoms with Gasteiger partial charge in [0, 0.05) is 40.1 Å². The molecule has 2 nitrogen and oxygen atoms in total. The predicted molar refractivity (Wildman–Crippen MR) is 191 cm³/mol. The van der Waals surface area contributed by atoms with Crippen LogP contribution >= 0.6 is 31.9 Å². The second-order valence-electron chi connectivity index (χ2n) is 9.68. The topological polar surface area (TPSA) is 6.48 Å². The lowest BCUT2D eigenvalue weighted by Gasteiger charge is -2.33. The van der Waals surface area contributed by atoms with Gasteiger partial charge in [-0.1, -0.05) is 97.1 Å². The third-order valence-electron chi connectivity index (χ3n) is 7.06. The summed E-state index contributed by atoms with van der Waals surface area (Å²) in [4.78, 5) is 4.62. The molecular formula is C36H28BBr2N2Si. The van der Waals surface area contributed by atoms with Gasteiger partial charge in [-0.05, 0) is 103 Å². The molecule has 1 heterocycles. The SMILES string of the molecule is Brc1ccccc1N(c1ccccc1)c1ccccc1Br.[B].c1ccc(N2c3ccccc3[SiH2]c3ccccc32)cc1. The average Bonchev–Trinajstić information content (AvgIpc) is 3.03. The van der Waals surface area contributed by atoms with Crippen molar-refractivity contribution >= 4 is 94.3 Å². The maximum Gasteiger partial charge on any atom is 0.0929 e. The first-order valence-electron chi connectivity index (χ1n) is 13.6. The van der Waals surface area contributed by atoms with Gasteiger partial charge in [0.1, 0.15) is 0 Å². The standard InChI is InChI=1S/C18H13Br2N.C18H15NSi.B/c19-15-10-4-6-12-17(15)21(14-8-2-1-3-9-14)18-13-7-5-11-16(18)20;1-2-8-14(9-3-1)19-15-10-4-6-12-17(15)20-18-13-7-5-11-16(18)19;/h1-13H;1-13H,20H2;. The van der Waals surface area contributed by atoms with E-state index in [1.807, 2.05) is 30.3 Å². The first-order valence-corrected chi connectivity index (χ1v) is 16.6. The number of anilines is 6. The van der Waals surface area contributed by atoms with Gasteiger partial charge in [0.15, 0.2) is 0 Å². The summed E-state index contributed by atoms with van der Waals surface area (Å²) in [5.74, 6) is 0. The molecule has 6 heteroatoms. The van der Waals surface area contributed by atoms with Crippen molar-refractivity contribution in [2.24, 2.45) is 0 Å². The highest BCUT2D eigenvalue weighted by atomic mass is 79.9. The molecular weight excluding hydrogens is 659 g/mol. The van der Waals surface area contributed by atoms with Crippen molar-refractivity contribution in [3.05, 3.63) is 167 Å². The lowest BCUT2D eigenvalue weighted by Crippen LogP contribution is -2.39. The van der Waals surface area contributed by atoms with Crippen LogP contribution in [-0.4, -0.2) is 17.9 Å². The van der Waals surface area contributed by atoms with Crippen LogP contribution < -0.4 is 20.2 Å². The third-order valence-corrected chi connectivity index (χ3v) is 10.4. The molecule has 0 aliphatic carbocycles. The second-order valence-corrected chi connectivity index (χ2v) is 13.3. The summed E-state index contributed by atoms with van der Waals surface area (Å²) in [6, 6.07) is 55.1. The molecule has 0 fully saturated rings. The van der Waals surface area contributed by atoms with Crippen LogP contribution in [0.1, 0.15) is 0 Å². The number of hydrogen-bond donors (Lipinski definition) is 0. The normalized spacial score (nSPS) is 11.2. The van der Waals surface area contributed by atoms with Crippen LogP contribution in [0.4, 0.5) is 34.1 Å². The number of rotatable bonds is 4. The molecule has 6 aromatic rings. The maximum absolute atomic E-state index is 3.66. The molecule has 0 N–H and O–H groups in total. The van der Waals surface area contributed by atoms with Gasteiger partial charge in [-0.25, -0.2) is 0 Å². The van der Waals surface area contributed by atoms with E-state index in [1.165, 1.54) is 27.4 Å². The van der Waals surface area contributed by atoms with E-state index in [4.69, 9.17) is 0 Å². The quantitative estimate of drug-likeness (QED) is 0.171. The van der Waals surface area contributed by atoms with Crippen LogP contribution in [0, 0.1) is 0 Å². The highest BCUT2D eigenvalue weighted by molar-refractivity contribution is 9.11. The predicted octanol–water partition coefficient (Wildman–Crippen LogP) is 8.89. The zero-order valence-electron chi connectivity index (χ0n) is 22.9. The van der Waals surface area contributed by atoms with Crippen molar-refractivity contribution in [2.75, 3.05) is 9.80 Å². The van der Waals surface area contributed by atoms with Crippen molar-refractivity contribution in [3.63, 3.8) is 0 Å². The fourth-order valence-electron chi connectivity index (χ4n) is 5.20. The van der Waals surface area contributed by atoms with Crippen molar-refractivity contribution in [1.82, 2.24) is 0 Å². The number of halogens is 2. The van der Waals surface area contributed by atoms with Crippen LogP contribution in [0.3, 0.4) is 0 Å². The Balaban J connectivity index is 0.000000164. The summed E-state index contributed by atoms with van der Waals surface area (Å²) in [5, 5.41) is 3.05. The minimum atomic E-state index is -0.373. The van der Waals surface area contributed by atoms with Crippen LogP contribution in [0.5, 0.6) is 0 Å². The number of para-hydroxylation sites is 6. The van der Waals surface area contributed by atoms with Crippen molar-refractivity contribution < 1.29 is 0 Å². The van der Waals surface area contributed by atoms with Gasteiger partial charge in [-0.3, -0.25) is 0 Å². The summed E-state index contributed by atoms with van der Waals surface area (Å²) in [7, 11) is -0.373. The number of hydrogen-bond acceptors (Lipinski definition) is 2. The molecule has 0 amide bonds. The molecule has 0 bridgehead atoms. The van der Waals surface area contributed by atoms with Gasteiger partial charge in [0.25, 0.3) is 0 Å². The molecule has 7 rings (SSSR count). The first-order chi connectivity index (χ1) is 20.2. The van der Waals surface area contributed by atoms with Gasteiger partial charge in [-0.2, -0.15) is 0 Å². The first kappa shape index (κ1) is 29.6. The Bertz CT molecular complexity index is 1670. The number of fused-ring (bicyclic) bond motifs is 2. The molecule has 0 saturated heterocycles. The van der Waals surface area contributed by atoms with Crippen LogP contribution in [0.15, 0.2) is 167 Å². The third kappa shape index (κ3) is 6.31. The van der Waals surface area contributed by atoms with E-state index in [0.29, 0.717) is 0 Å². The minimum Gasteiger partial charge on any atom is -0.311 e. The molecule has 6 aromatic carbocycles. The van der Waals surface area contributed by atoms with Gasteiger partial charge < -0.3 is 9.80 Å². The molecule has 1 aliphatic heterocycles. The highest BCUT2D eigenvalue weighted by Crippen LogP contribution is 2.41. The van der Waals surface area contributed by atoms with E-state index in [9.17, 15) is 0 Å². The molecule has 42 heavy (non-hydrogen) atoms. The molecule has 3 radical (unpaired) electrons. The Labute approximate surface area is 269 Å². The lowest BCUT2D eigenvalue weighted by molar-refractivity contribution is 1.26. The van der Waals surface area contributed by atoms with E-state index in [1.54, 1.807) is 0 Å².